The van der Waals surface area contributed by atoms with E-state index in [0.29, 0.717) is 10.9 Å². The third-order valence-electron chi connectivity index (χ3n) is 2.95. The van der Waals surface area contributed by atoms with Crippen molar-refractivity contribution >= 4 is 44.6 Å². The largest absolute Gasteiger partial charge is 0.245 e. The van der Waals surface area contributed by atoms with Crippen molar-refractivity contribution in [1.29, 1.82) is 0 Å². The molecule has 1 aromatic rings. The Labute approximate surface area is 115 Å². The number of hydrogen-bond donors (Lipinski definition) is 0. The Morgan fingerprint density at radius 2 is 2.12 bits per heavy atom. The summed E-state index contributed by atoms with van der Waals surface area (Å²) in [5.74, 6) is 0. The monoisotopic (exact) mass is 313 g/mol. The Kier molecular flexibility index (Phi) is 4.05. The van der Waals surface area contributed by atoms with E-state index >= 15 is 0 Å². The van der Waals surface area contributed by atoms with Gasteiger partial charge in [0.2, 0.25) is 10.0 Å². The second-order valence-electron chi connectivity index (χ2n) is 4.15. The first-order valence-electron chi connectivity index (χ1n) is 5.39. The minimum absolute atomic E-state index is 0.0310. The van der Waals surface area contributed by atoms with Crippen LogP contribution in [0.4, 0.5) is 0 Å². The molecule has 1 aromatic heterocycles. The standard InChI is InChI=1S/C10H13Cl2NO2S2/c1-7-4-2-3-5-13(7)17(14,15)8-6-9(11)16-10(8)12/h6-7H,2-5H2,1H3. The molecule has 0 spiro atoms. The first kappa shape index (κ1) is 13.6. The van der Waals surface area contributed by atoms with Crippen LogP contribution in [0.15, 0.2) is 11.0 Å². The van der Waals surface area contributed by atoms with Gasteiger partial charge in [-0.3, -0.25) is 0 Å². The van der Waals surface area contributed by atoms with Gasteiger partial charge >= 0.3 is 0 Å². The average molecular weight is 314 g/mol. The molecule has 17 heavy (non-hydrogen) atoms. The Morgan fingerprint density at radius 1 is 1.41 bits per heavy atom. The lowest BCUT2D eigenvalue weighted by Crippen LogP contribution is -2.41. The Balaban J connectivity index is 2.39. The lowest BCUT2D eigenvalue weighted by Gasteiger charge is -2.32. The van der Waals surface area contributed by atoms with E-state index < -0.39 is 10.0 Å². The van der Waals surface area contributed by atoms with Crippen LogP contribution in [0.1, 0.15) is 26.2 Å². The van der Waals surface area contributed by atoms with Crippen molar-refractivity contribution in [3.63, 3.8) is 0 Å². The van der Waals surface area contributed by atoms with Gasteiger partial charge in [-0.15, -0.1) is 11.3 Å². The van der Waals surface area contributed by atoms with Crippen molar-refractivity contribution in [2.24, 2.45) is 0 Å². The predicted molar refractivity (Wildman–Crippen MR) is 71.5 cm³/mol. The fraction of sp³-hybridized carbons (Fsp3) is 0.600. The first-order valence-corrected chi connectivity index (χ1v) is 8.41. The Morgan fingerprint density at radius 3 is 2.65 bits per heavy atom. The van der Waals surface area contributed by atoms with Crippen LogP contribution in [0.25, 0.3) is 0 Å². The molecule has 7 heteroatoms. The molecule has 1 fully saturated rings. The van der Waals surface area contributed by atoms with E-state index in [1.54, 1.807) is 0 Å². The van der Waals surface area contributed by atoms with Crippen LogP contribution in [0.2, 0.25) is 8.67 Å². The quantitative estimate of drug-likeness (QED) is 0.836. The minimum Gasteiger partial charge on any atom is -0.207 e. The topological polar surface area (TPSA) is 37.4 Å². The molecule has 1 aliphatic rings. The molecule has 1 atom stereocenters. The fourth-order valence-corrected chi connectivity index (χ4v) is 5.87. The summed E-state index contributed by atoms with van der Waals surface area (Å²) in [4.78, 5) is 0.142. The zero-order valence-corrected chi connectivity index (χ0v) is 12.5. The van der Waals surface area contributed by atoms with Crippen molar-refractivity contribution in [3.05, 3.63) is 14.7 Å². The highest BCUT2D eigenvalue weighted by molar-refractivity contribution is 7.89. The molecule has 2 heterocycles. The zero-order valence-electron chi connectivity index (χ0n) is 9.32. The molecule has 0 N–H and O–H groups in total. The molecule has 96 valence electrons. The highest BCUT2D eigenvalue weighted by Gasteiger charge is 2.33. The number of thiophene rings is 1. The highest BCUT2D eigenvalue weighted by atomic mass is 35.5. The number of halogens is 2. The molecule has 3 nitrogen and oxygen atoms in total. The van der Waals surface area contributed by atoms with Crippen LogP contribution in [0.3, 0.4) is 0 Å². The van der Waals surface area contributed by atoms with Gasteiger partial charge in [-0.2, -0.15) is 4.31 Å². The molecule has 0 bridgehead atoms. The molecule has 0 amide bonds. The van der Waals surface area contributed by atoms with E-state index in [0.717, 1.165) is 30.6 Å². The summed E-state index contributed by atoms with van der Waals surface area (Å²) < 4.78 is 27.0. The maximum atomic E-state index is 12.4. The number of sulfonamides is 1. The van der Waals surface area contributed by atoms with Gasteiger partial charge in [-0.1, -0.05) is 29.6 Å². The Bertz CT molecular complexity index is 512. The van der Waals surface area contributed by atoms with E-state index in [1.165, 1.54) is 10.4 Å². The lowest BCUT2D eigenvalue weighted by atomic mass is 10.1. The van der Waals surface area contributed by atoms with Crippen molar-refractivity contribution < 1.29 is 8.42 Å². The van der Waals surface area contributed by atoms with E-state index in [4.69, 9.17) is 23.2 Å². The van der Waals surface area contributed by atoms with Crippen LogP contribution >= 0.6 is 34.5 Å². The summed E-state index contributed by atoms with van der Waals surface area (Å²) in [5, 5.41) is 0. The van der Waals surface area contributed by atoms with Gasteiger partial charge in [0.15, 0.2) is 0 Å². The Hall–Kier alpha value is 0.190. The summed E-state index contributed by atoms with van der Waals surface area (Å²) in [6.07, 6.45) is 2.87. The molecular weight excluding hydrogens is 301 g/mol. The van der Waals surface area contributed by atoms with Gasteiger partial charge in [0, 0.05) is 12.6 Å². The molecule has 2 rings (SSSR count). The SMILES string of the molecule is CC1CCCCN1S(=O)(=O)c1cc(Cl)sc1Cl. The average Bonchev–Trinajstić information content (AvgIpc) is 2.59. The van der Waals surface area contributed by atoms with Gasteiger partial charge in [0.05, 0.1) is 4.34 Å². The summed E-state index contributed by atoms with van der Waals surface area (Å²) in [7, 11) is -3.49. The molecule has 0 aliphatic carbocycles. The minimum atomic E-state index is -3.49. The molecule has 1 aliphatic heterocycles. The van der Waals surface area contributed by atoms with Crippen LogP contribution in [-0.2, 0) is 10.0 Å². The first-order chi connectivity index (χ1) is 7.93. The van der Waals surface area contributed by atoms with E-state index in [-0.39, 0.29) is 15.3 Å². The zero-order chi connectivity index (χ0) is 12.6. The fourth-order valence-electron chi connectivity index (χ4n) is 2.06. The summed E-state index contributed by atoms with van der Waals surface area (Å²) in [5.41, 5.74) is 0. The third-order valence-corrected chi connectivity index (χ3v) is 6.72. The van der Waals surface area contributed by atoms with E-state index in [9.17, 15) is 8.42 Å². The summed E-state index contributed by atoms with van der Waals surface area (Å²) in [6.45, 7) is 2.49. The number of nitrogens with zero attached hydrogens (tertiary/aromatic N) is 1. The van der Waals surface area contributed by atoms with Crippen molar-refractivity contribution in [3.8, 4) is 0 Å². The molecule has 1 saturated heterocycles. The molecule has 0 aromatic carbocycles. The van der Waals surface area contributed by atoms with Gasteiger partial charge in [-0.05, 0) is 25.8 Å². The lowest BCUT2D eigenvalue weighted by molar-refractivity contribution is 0.269. The highest BCUT2D eigenvalue weighted by Crippen LogP contribution is 2.37. The maximum Gasteiger partial charge on any atom is 0.245 e. The molecule has 0 saturated carbocycles. The molecular formula is C10H13Cl2NO2S2. The molecule has 1 unspecified atom stereocenters. The van der Waals surface area contributed by atoms with Gasteiger partial charge < -0.3 is 0 Å². The van der Waals surface area contributed by atoms with Crippen molar-refractivity contribution in [2.75, 3.05) is 6.54 Å². The van der Waals surface area contributed by atoms with E-state index in [1.807, 2.05) is 6.92 Å². The maximum absolute atomic E-state index is 12.4. The van der Waals surface area contributed by atoms with Crippen LogP contribution in [0, 0.1) is 0 Å². The van der Waals surface area contributed by atoms with Crippen molar-refractivity contribution in [1.82, 2.24) is 4.31 Å². The number of piperidine rings is 1. The van der Waals surface area contributed by atoms with Crippen molar-refractivity contribution in [2.45, 2.75) is 37.1 Å². The number of hydrogen-bond acceptors (Lipinski definition) is 3. The predicted octanol–water partition coefficient (Wildman–Crippen LogP) is 3.62. The molecule has 0 radical (unpaired) electrons. The van der Waals surface area contributed by atoms with Crippen LogP contribution < -0.4 is 0 Å². The second kappa shape index (κ2) is 5.05. The van der Waals surface area contributed by atoms with E-state index in [2.05, 4.69) is 0 Å². The van der Waals surface area contributed by atoms with Gasteiger partial charge in [0.1, 0.15) is 9.23 Å². The third kappa shape index (κ3) is 2.63. The smallest absolute Gasteiger partial charge is 0.207 e. The van der Waals surface area contributed by atoms with Crippen LogP contribution in [-0.4, -0.2) is 25.3 Å². The number of rotatable bonds is 2. The normalized spacial score (nSPS) is 22.9. The van der Waals surface area contributed by atoms with Gasteiger partial charge in [-0.25, -0.2) is 8.42 Å². The van der Waals surface area contributed by atoms with Crippen LogP contribution in [0.5, 0.6) is 0 Å². The van der Waals surface area contributed by atoms with Gasteiger partial charge in [0.25, 0.3) is 0 Å². The summed E-state index contributed by atoms with van der Waals surface area (Å²) in [6, 6.07) is 1.47. The summed E-state index contributed by atoms with van der Waals surface area (Å²) >= 11 is 12.8. The second-order valence-corrected chi connectivity index (χ2v) is 8.29.